The number of hydrogen-bond acceptors (Lipinski definition) is 6. The summed E-state index contributed by atoms with van der Waals surface area (Å²) in [6.45, 7) is 4.67. The number of rotatable bonds is 6. The molecule has 8 heteroatoms. The van der Waals surface area contributed by atoms with Crippen molar-refractivity contribution in [1.82, 2.24) is 14.7 Å². The molecular weight excluding hydrogens is 374 g/mol. The van der Waals surface area contributed by atoms with Crippen molar-refractivity contribution in [2.45, 2.75) is 26.7 Å². The Morgan fingerprint density at radius 1 is 1.07 bits per heavy atom. The second-order valence-electron chi connectivity index (χ2n) is 6.91. The first-order valence-corrected chi connectivity index (χ1v) is 9.72. The third-order valence-corrected chi connectivity index (χ3v) is 4.97. The molecule has 0 unspecified atom stereocenters. The quantitative estimate of drug-likeness (QED) is 0.691. The van der Waals surface area contributed by atoms with Crippen molar-refractivity contribution in [3.63, 3.8) is 0 Å². The van der Waals surface area contributed by atoms with Crippen molar-refractivity contribution in [2.75, 3.05) is 26.3 Å². The normalized spacial score (nSPS) is 14.5. The molecule has 0 radical (unpaired) electrons. The topological polar surface area (TPSA) is 90.7 Å². The van der Waals surface area contributed by atoms with Crippen molar-refractivity contribution in [3.8, 4) is 5.69 Å². The van der Waals surface area contributed by atoms with E-state index in [1.165, 1.54) is 0 Å². The smallest absolute Gasteiger partial charge is 0.338 e. The van der Waals surface area contributed by atoms with Gasteiger partial charge >= 0.3 is 11.9 Å². The summed E-state index contributed by atoms with van der Waals surface area (Å²) in [6, 6.07) is 8.74. The molecule has 2 heterocycles. The second kappa shape index (κ2) is 9.36. The standard InChI is InChI=1S/C21H25N3O5/c1-3-28-20(26)17-9-12-23(13-10-17)19(25)14-29-21(27)16-4-6-18(7-5-16)24-15(2)8-11-22-24/h4-8,11,17H,3,9-10,12-14H2,1-2H3. The first-order chi connectivity index (χ1) is 14.0. The highest BCUT2D eigenvalue weighted by Gasteiger charge is 2.28. The van der Waals surface area contributed by atoms with Gasteiger partial charge in [0.05, 0.1) is 23.8 Å². The number of esters is 2. The third-order valence-electron chi connectivity index (χ3n) is 4.97. The summed E-state index contributed by atoms with van der Waals surface area (Å²) in [4.78, 5) is 37.9. The lowest BCUT2D eigenvalue weighted by Crippen LogP contribution is -2.42. The van der Waals surface area contributed by atoms with E-state index >= 15 is 0 Å². The molecular formula is C21H25N3O5. The fourth-order valence-corrected chi connectivity index (χ4v) is 3.31. The van der Waals surface area contributed by atoms with Crippen LogP contribution in [0.4, 0.5) is 0 Å². The van der Waals surface area contributed by atoms with E-state index in [2.05, 4.69) is 5.10 Å². The van der Waals surface area contributed by atoms with Gasteiger partial charge in [-0.1, -0.05) is 0 Å². The highest BCUT2D eigenvalue weighted by Crippen LogP contribution is 2.19. The Balaban J connectivity index is 1.47. The zero-order valence-electron chi connectivity index (χ0n) is 16.7. The Bertz CT molecular complexity index is 867. The number of amides is 1. The van der Waals surface area contributed by atoms with Crippen LogP contribution in [0.25, 0.3) is 5.69 Å². The Morgan fingerprint density at radius 3 is 2.34 bits per heavy atom. The highest BCUT2D eigenvalue weighted by atomic mass is 16.5. The lowest BCUT2D eigenvalue weighted by Gasteiger charge is -2.30. The van der Waals surface area contributed by atoms with Gasteiger partial charge in [-0.25, -0.2) is 9.48 Å². The number of hydrogen-bond donors (Lipinski definition) is 0. The molecule has 1 aliphatic rings. The Kier molecular flexibility index (Phi) is 6.64. The van der Waals surface area contributed by atoms with Crippen LogP contribution in [0.3, 0.4) is 0 Å². The lowest BCUT2D eigenvalue weighted by atomic mass is 9.97. The number of aromatic nitrogens is 2. The summed E-state index contributed by atoms with van der Waals surface area (Å²) in [6.07, 6.45) is 2.83. The molecule has 1 aromatic carbocycles. The molecule has 0 spiro atoms. The molecule has 1 amide bonds. The predicted octanol–water partition coefficient (Wildman–Crippen LogP) is 2.14. The molecule has 0 bridgehead atoms. The number of ether oxygens (including phenoxy) is 2. The molecule has 29 heavy (non-hydrogen) atoms. The van der Waals surface area contributed by atoms with E-state index < -0.39 is 5.97 Å². The van der Waals surface area contributed by atoms with Crippen LogP contribution in [0.1, 0.15) is 35.8 Å². The van der Waals surface area contributed by atoms with Crippen molar-refractivity contribution in [1.29, 1.82) is 0 Å². The minimum atomic E-state index is -0.552. The molecule has 3 rings (SSSR count). The number of carbonyl (C=O) groups is 3. The Labute approximate surface area is 169 Å². The van der Waals surface area contributed by atoms with Crippen molar-refractivity contribution < 1.29 is 23.9 Å². The van der Waals surface area contributed by atoms with Gasteiger partial charge in [-0.2, -0.15) is 5.10 Å². The van der Waals surface area contributed by atoms with E-state index in [0.29, 0.717) is 38.1 Å². The lowest BCUT2D eigenvalue weighted by molar-refractivity contribution is -0.151. The largest absolute Gasteiger partial charge is 0.466 e. The van der Waals surface area contributed by atoms with E-state index in [-0.39, 0.29) is 24.4 Å². The van der Waals surface area contributed by atoms with Gasteiger partial charge in [-0.05, 0) is 57.0 Å². The fourth-order valence-electron chi connectivity index (χ4n) is 3.31. The monoisotopic (exact) mass is 399 g/mol. The van der Waals surface area contributed by atoms with Gasteiger partial charge in [0.1, 0.15) is 0 Å². The van der Waals surface area contributed by atoms with Crippen LogP contribution in [0, 0.1) is 12.8 Å². The Morgan fingerprint density at radius 2 is 1.76 bits per heavy atom. The maximum atomic E-state index is 12.3. The molecule has 0 aliphatic carbocycles. The van der Waals surface area contributed by atoms with E-state index in [9.17, 15) is 14.4 Å². The number of likely N-dealkylation sites (tertiary alicyclic amines) is 1. The molecule has 0 saturated carbocycles. The van der Waals surface area contributed by atoms with Gasteiger partial charge in [-0.3, -0.25) is 9.59 Å². The first-order valence-electron chi connectivity index (χ1n) is 9.72. The van der Waals surface area contributed by atoms with E-state index in [1.54, 1.807) is 47.0 Å². The summed E-state index contributed by atoms with van der Waals surface area (Å²) in [5, 5.41) is 4.22. The second-order valence-corrected chi connectivity index (χ2v) is 6.91. The maximum Gasteiger partial charge on any atom is 0.338 e. The zero-order chi connectivity index (χ0) is 20.8. The molecule has 0 N–H and O–H groups in total. The zero-order valence-corrected chi connectivity index (χ0v) is 16.7. The molecule has 1 saturated heterocycles. The first kappa shape index (κ1) is 20.6. The van der Waals surface area contributed by atoms with Gasteiger partial charge < -0.3 is 14.4 Å². The molecule has 154 valence electrons. The maximum absolute atomic E-state index is 12.3. The van der Waals surface area contributed by atoms with Crippen LogP contribution < -0.4 is 0 Å². The average molecular weight is 399 g/mol. The summed E-state index contributed by atoms with van der Waals surface area (Å²) in [5.74, 6) is -1.19. The molecule has 2 aromatic rings. The number of aryl methyl sites for hydroxylation is 1. The van der Waals surface area contributed by atoms with E-state index in [1.807, 2.05) is 13.0 Å². The van der Waals surface area contributed by atoms with Gasteiger partial charge in [0.25, 0.3) is 5.91 Å². The van der Waals surface area contributed by atoms with Crippen LogP contribution in [-0.4, -0.2) is 58.8 Å². The molecule has 1 aliphatic heterocycles. The fraction of sp³-hybridized carbons (Fsp3) is 0.429. The van der Waals surface area contributed by atoms with E-state index in [4.69, 9.17) is 9.47 Å². The average Bonchev–Trinajstić information content (AvgIpc) is 3.18. The van der Waals surface area contributed by atoms with Crippen LogP contribution in [0.15, 0.2) is 36.5 Å². The molecule has 1 fully saturated rings. The van der Waals surface area contributed by atoms with Gasteiger partial charge in [-0.15, -0.1) is 0 Å². The molecule has 1 aromatic heterocycles. The van der Waals surface area contributed by atoms with Gasteiger partial charge in [0, 0.05) is 25.0 Å². The number of carbonyl (C=O) groups excluding carboxylic acids is 3. The van der Waals surface area contributed by atoms with Crippen LogP contribution >= 0.6 is 0 Å². The predicted molar refractivity (Wildman–Crippen MR) is 105 cm³/mol. The van der Waals surface area contributed by atoms with E-state index in [0.717, 1.165) is 11.4 Å². The van der Waals surface area contributed by atoms with Crippen molar-refractivity contribution >= 4 is 17.8 Å². The van der Waals surface area contributed by atoms with Crippen LogP contribution in [0.5, 0.6) is 0 Å². The number of benzene rings is 1. The van der Waals surface area contributed by atoms with Crippen LogP contribution in [0.2, 0.25) is 0 Å². The summed E-state index contributed by atoms with van der Waals surface area (Å²) >= 11 is 0. The van der Waals surface area contributed by atoms with Gasteiger partial charge in [0.2, 0.25) is 0 Å². The van der Waals surface area contributed by atoms with Crippen molar-refractivity contribution in [2.24, 2.45) is 5.92 Å². The van der Waals surface area contributed by atoms with Gasteiger partial charge in [0.15, 0.2) is 6.61 Å². The molecule has 0 atom stereocenters. The summed E-state index contributed by atoms with van der Waals surface area (Å²) < 4.78 is 12.0. The Hall–Kier alpha value is -3.16. The minimum absolute atomic E-state index is 0.168. The third kappa shape index (κ3) is 5.01. The van der Waals surface area contributed by atoms with Crippen molar-refractivity contribution in [3.05, 3.63) is 47.8 Å². The SMILES string of the molecule is CCOC(=O)C1CCN(C(=O)COC(=O)c2ccc(-n3nccc3C)cc2)CC1. The summed E-state index contributed by atoms with van der Waals surface area (Å²) in [7, 11) is 0. The van der Waals surface area contributed by atoms with Crippen LogP contribution in [-0.2, 0) is 19.1 Å². The number of nitrogens with zero attached hydrogens (tertiary/aromatic N) is 3. The summed E-state index contributed by atoms with van der Waals surface area (Å²) in [5.41, 5.74) is 2.19. The highest BCUT2D eigenvalue weighted by molar-refractivity contribution is 5.91. The minimum Gasteiger partial charge on any atom is -0.466 e. The number of piperidine rings is 1. The molecule has 8 nitrogen and oxygen atoms in total.